The quantitative estimate of drug-likeness (QED) is 0.640. The van der Waals surface area contributed by atoms with Crippen LogP contribution >= 0.6 is 0 Å². The van der Waals surface area contributed by atoms with Gasteiger partial charge in [-0.15, -0.1) is 0 Å². The fraction of sp³-hybridized carbons (Fsp3) is 0.273. The highest BCUT2D eigenvalue weighted by atomic mass is 16.6. The van der Waals surface area contributed by atoms with E-state index in [1.807, 2.05) is 0 Å². The molecule has 0 bridgehead atoms. The first-order valence-electron chi connectivity index (χ1n) is 9.45. The molecule has 1 atom stereocenters. The summed E-state index contributed by atoms with van der Waals surface area (Å²) in [5.74, 6) is 0.687. The third-order valence-corrected chi connectivity index (χ3v) is 4.79. The highest BCUT2D eigenvalue weighted by Crippen LogP contribution is 2.33. The monoisotopic (exact) mass is 411 g/mol. The summed E-state index contributed by atoms with van der Waals surface area (Å²) >= 11 is 0. The number of benzene rings is 2. The summed E-state index contributed by atoms with van der Waals surface area (Å²) in [5, 5.41) is 3.45. The minimum absolute atomic E-state index is 0.0530. The first-order valence-corrected chi connectivity index (χ1v) is 9.45. The third kappa shape index (κ3) is 3.76. The average Bonchev–Trinajstić information content (AvgIpc) is 3.09. The molecule has 0 unspecified atom stereocenters. The van der Waals surface area contributed by atoms with Crippen LogP contribution in [-0.2, 0) is 9.53 Å². The SMILES string of the molecule is COc1ccc2oc(C(=O)O[C@H](C)C(=O)Nc3ccc4c(c3)OCCO4)c(C)c2c1. The lowest BCUT2D eigenvalue weighted by atomic mass is 10.1. The Balaban J connectivity index is 1.45. The van der Waals surface area contributed by atoms with Crippen molar-refractivity contribution in [3.63, 3.8) is 0 Å². The number of fused-ring (bicyclic) bond motifs is 2. The van der Waals surface area contributed by atoms with Gasteiger partial charge in [-0.1, -0.05) is 0 Å². The van der Waals surface area contributed by atoms with Gasteiger partial charge in [0.05, 0.1) is 7.11 Å². The molecule has 0 saturated carbocycles. The van der Waals surface area contributed by atoms with Gasteiger partial charge in [0.2, 0.25) is 5.76 Å². The molecular weight excluding hydrogens is 390 g/mol. The first kappa shape index (κ1) is 19.6. The lowest BCUT2D eigenvalue weighted by Crippen LogP contribution is -2.30. The van der Waals surface area contributed by atoms with Gasteiger partial charge in [0.1, 0.15) is 24.5 Å². The maximum absolute atomic E-state index is 12.6. The number of aryl methyl sites for hydroxylation is 1. The number of anilines is 1. The van der Waals surface area contributed by atoms with Crippen LogP contribution in [-0.4, -0.2) is 38.3 Å². The van der Waals surface area contributed by atoms with Crippen molar-refractivity contribution >= 4 is 28.5 Å². The van der Waals surface area contributed by atoms with Crippen LogP contribution in [0.4, 0.5) is 5.69 Å². The fourth-order valence-electron chi connectivity index (χ4n) is 3.15. The van der Waals surface area contributed by atoms with Gasteiger partial charge in [0.15, 0.2) is 17.6 Å². The zero-order valence-corrected chi connectivity index (χ0v) is 16.8. The number of furan rings is 1. The van der Waals surface area contributed by atoms with E-state index >= 15 is 0 Å². The Morgan fingerprint density at radius 1 is 1.07 bits per heavy atom. The molecule has 2 aromatic carbocycles. The van der Waals surface area contributed by atoms with Gasteiger partial charge in [0.25, 0.3) is 5.91 Å². The van der Waals surface area contributed by atoms with Crippen molar-refractivity contribution in [1.82, 2.24) is 0 Å². The molecule has 3 aromatic rings. The largest absolute Gasteiger partial charge is 0.497 e. The smallest absolute Gasteiger partial charge is 0.375 e. The van der Waals surface area contributed by atoms with E-state index in [0.717, 1.165) is 5.39 Å². The molecule has 8 nitrogen and oxygen atoms in total. The standard InChI is InChI=1S/C22H21NO7/c1-12-16-11-15(26-3)5-7-17(16)30-20(12)22(25)29-13(2)21(24)23-14-4-6-18-19(10-14)28-9-8-27-18/h4-7,10-11,13H,8-9H2,1-3H3,(H,23,24)/t13-/m1/s1. The van der Waals surface area contributed by atoms with Crippen molar-refractivity contribution in [2.24, 2.45) is 0 Å². The predicted octanol–water partition coefficient (Wildman–Crippen LogP) is 3.71. The molecule has 2 heterocycles. The number of carbonyl (C=O) groups excluding carboxylic acids is 2. The van der Waals surface area contributed by atoms with Crippen LogP contribution in [0.5, 0.6) is 17.2 Å². The second-order valence-corrected chi connectivity index (χ2v) is 6.81. The van der Waals surface area contributed by atoms with Gasteiger partial charge in [-0.25, -0.2) is 4.79 Å². The normalized spacial score (nSPS) is 13.6. The Labute approximate surface area is 172 Å². The molecule has 1 aliphatic rings. The highest BCUT2D eigenvalue weighted by Gasteiger charge is 2.25. The molecule has 0 spiro atoms. The molecule has 1 N–H and O–H groups in total. The lowest BCUT2D eigenvalue weighted by molar-refractivity contribution is -0.123. The highest BCUT2D eigenvalue weighted by molar-refractivity contribution is 5.99. The minimum Gasteiger partial charge on any atom is -0.497 e. The molecule has 4 rings (SSSR count). The van der Waals surface area contributed by atoms with Gasteiger partial charge in [-0.2, -0.15) is 0 Å². The Bertz CT molecular complexity index is 1120. The fourth-order valence-corrected chi connectivity index (χ4v) is 3.15. The van der Waals surface area contributed by atoms with Crippen LogP contribution in [0, 0.1) is 6.92 Å². The summed E-state index contributed by atoms with van der Waals surface area (Å²) in [6, 6.07) is 10.3. The summed E-state index contributed by atoms with van der Waals surface area (Å²) < 4.78 is 27.1. The van der Waals surface area contributed by atoms with Crippen LogP contribution in [0.2, 0.25) is 0 Å². The summed E-state index contributed by atoms with van der Waals surface area (Å²) in [4.78, 5) is 25.1. The number of rotatable bonds is 5. The maximum Gasteiger partial charge on any atom is 0.375 e. The molecule has 1 aromatic heterocycles. The Kier molecular flexibility index (Phi) is 5.22. The van der Waals surface area contributed by atoms with Crippen LogP contribution < -0.4 is 19.5 Å². The Morgan fingerprint density at radius 2 is 1.83 bits per heavy atom. The maximum atomic E-state index is 12.6. The molecule has 0 fully saturated rings. The van der Waals surface area contributed by atoms with Gasteiger partial charge in [-0.3, -0.25) is 4.79 Å². The number of esters is 1. The molecule has 0 saturated heterocycles. The second-order valence-electron chi connectivity index (χ2n) is 6.81. The molecule has 8 heteroatoms. The number of carbonyl (C=O) groups is 2. The van der Waals surface area contributed by atoms with Gasteiger partial charge < -0.3 is 28.7 Å². The van der Waals surface area contributed by atoms with Crippen molar-refractivity contribution in [3.05, 3.63) is 47.7 Å². The molecule has 156 valence electrons. The van der Waals surface area contributed by atoms with Crippen molar-refractivity contribution in [3.8, 4) is 17.2 Å². The minimum atomic E-state index is -1.03. The van der Waals surface area contributed by atoms with Gasteiger partial charge in [0, 0.05) is 22.7 Å². The molecule has 1 amide bonds. The van der Waals surface area contributed by atoms with Crippen molar-refractivity contribution in [1.29, 1.82) is 0 Å². The molecule has 0 aliphatic carbocycles. The third-order valence-electron chi connectivity index (χ3n) is 4.79. The molecule has 1 aliphatic heterocycles. The van der Waals surface area contributed by atoms with E-state index in [0.29, 0.717) is 47.3 Å². The van der Waals surface area contributed by atoms with E-state index < -0.39 is 18.0 Å². The summed E-state index contributed by atoms with van der Waals surface area (Å²) in [6.45, 7) is 4.18. The zero-order valence-electron chi connectivity index (χ0n) is 16.8. The van der Waals surface area contributed by atoms with Crippen LogP contribution in [0.1, 0.15) is 23.0 Å². The zero-order chi connectivity index (χ0) is 21.3. The first-order chi connectivity index (χ1) is 14.5. The number of hydrogen-bond acceptors (Lipinski definition) is 7. The summed E-state index contributed by atoms with van der Waals surface area (Å²) in [5.41, 5.74) is 1.67. The van der Waals surface area contributed by atoms with Gasteiger partial charge in [-0.05, 0) is 44.2 Å². The number of nitrogens with one attached hydrogen (secondary N) is 1. The number of ether oxygens (including phenoxy) is 4. The van der Waals surface area contributed by atoms with E-state index in [9.17, 15) is 9.59 Å². The molecule has 30 heavy (non-hydrogen) atoms. The van der Waals surface area contributed by atoms with E-state index in [1.54, 1.807) is 50.4 Å². The van der Waals surface area contributed by atoms with Crippen molar-refractivity contribution in [2.45, 2.75) is 20.0 Å². The molecule has 0 radical (unpaired) electrons. The summed E-state index contributed by atoms with van der Waals surface area (Å²) in [7, 11) is 1.56. The second kappa shape index (κ2) is 7.98. The van der Waals surface area contributed by atoms with Crippen molar-refractivity contribution < 1.29 is 33.0 Å². The topological polar surface area (TPSA) is 96.2 Å². The molecular formula is C22H21NO7. The van der Waals surface area contributed by atoms with E-state index in [1.165, 1.54) is 6.92 Å². The van der Waals surface area contributed by atoms with E-state index in [-0.39, 0.29) is 5.76 Å². The lowest BCUT2D eigenvalue weighted by Gasteiger charge is -2.19. The summed E-state index contributed by atoms with van der Waals surface area (Å²) in [6.07, 6.45) is -1.03. The van der Waals surface area contributed by atoms with Gasteiger partial charge >= 0.3 is 5.97 Å². The Hall–Kier alpha value is -3.68. The van der Waals surface area contributed by atoms with Crippen LogP contribution in [0.15, 0.2) is 40.8 Å². The van der Waals surface area contributed by atoms with Crippen LogP contribution in [0.25, 0.3) is 11.0 Å². The van der Waals surface area contributed by atoms with Crippen molar-refractivity contribution in [2.75, 3.05) is 25.6 Å². The number of methoxy groups -OCH3 is 1. The Morgan fingerprint density at radius 3 is 2.60 bits per heavy atom. The number of amides is 1. The van der Waals surface area contributed by atoms with E-state index in [2.05, 4.69) is 5.32 Å². The number of hydrogen-bond donors (Lipinski definition) is 1. The van der Waals surface area contributed by atoms with Crippen LogP contribution in [0.3, 0.4) is 0 Å². The predicted molar refractivity (Wildman–Crippen MR) is 108 cm³/mol. The average molecular weight is 411 g/mol. The van der Waals surface area contributed by atoms with E-state index in [4.69, 9.17) is 23.4 Å².